The van der Waals surface area contributed by atoms with Crippen molar-refractivity contribution in [2.24, 2.45) is 5.92 Å². The molecule has 0 aliphatic rings. The Hall–Kier alpha value is -1.41. The molecule has 0 radical (unpaired) electrons. The maximum atomic E-state index is 12.2. The zero-order chi connectivity index (χ0) is 16.1. The quantitative estimate of drug-likeness (QED) is 0.785. The maximum Gasteiger partial charge on any atom is 0.239 e. The first-order valence-corrected chi connectivity index (χ1v) is 9.06. The minimum absolute atomic E-state index is 0.0721. The van der Waals surface area contributed by atoms with Crippen LogP contribution in [0.15, 0.2) is 16.7 Å². The van der Waals surface area contributed by atoms with Crippen molar-refractivity contribution in [3.8, 4) is 0 Å². The molecule has 1 amide bonds. The van der Waals surface area contributed by atoms with Crippen LogP contribution in [-0.4, -0.2) is 30.9 Å². The first-order chi connectivity index (χ1) is 10.5. The van der Waals surface area contributed by atoms with Crippen LogP contribution < -0.4 is 5.32 Å². The van der Waals surface area contributed by atoms with Crippen molar-refractivity contribution >= 4 is 34.1 Å². The molecule has 2 aromatic heterocycles. The van der Waals surface area contributed by atoms with Gasteiger partial charge in [-0.3, -0.25) is 4.79 Å². The van der Waals surface area contributed by atoms with E-state index in [-0.39, 0.29) is 11.2 Å². The van der Waals surface area contributed by atoms with Crippen LogP contribution in [0.5, 0.6) is 0 Å². The number of carbonyl (C=O) groups excluding carboxylic acids is 1. The Labute approximate surface area is 138 Å². The minimum atomic E-state index is -0.260. The van der Waals surface area contributed by atoms with E-state index in [4.69, 9.17) is 0 Å². The number of amides is 1. The van der Waals surface area contributed by atoms with Gasteiger partial charge in [0.15, 0.2) is 10.3 Å². The van der Waals surface area contributed by atoms with Crippen LogP contribution in [0.25, 0.3) is 0 Å². The first-order valence-electron chi connectivity index (χ1n) is 7.30. The summed E-state index contributed by atoms with van der Waals surface area (Å²) >= 11 is 2.84. The molecule has 2 heterocycles. The summed E-state index contributed by atoms with van der Waals surface area (Å²) < 4.78 is 2.11. The van der Waals surface area contributed by atoms with E-state index in [1.54, 1.807) is 6.20 Å². The molecule has 0 aliphatic carbocycles. The Kier molecular flexibility index (Phi) is 5.96. The second-order valence-electron chi connectivity index (χ2n) is 5.34. The lowest BCUT2D eigenvalue weighted by Crippen LogP contribution is -2.23. The highest BCUT2D eigenvalue weighted by atomic mass is 32.2. The number of hydrogen-bond donors (Lipinski definition) is 1. The number of hydrogen-bond acceptors (Lipinski definition) is 6. The lowest BCUT2D eigenvalue weighted by atomic mass is 10.2. The van der Waals surface area contributed by atoms with Crippen molar-refractivity contribution in [1.82, 2.24) is 19.7 Å². The van der Waals surface area contributed by atoms with Gasteiger partial charge >= 0.3 is 0 Å². The molecule has 0 bridgehead atoms. The van der Waals surface area contributed by atoms with Gasteiger partial charge in [0.2, 0.25) is 5.91 Å². The van der Waals surface area contributed by atoms with Gasteiger partial charge in [0.1, 0.15) is 5.82 Å². The largest absolute Gasteiger partial charge is 0.306 e. The molecule has 0 saturated heterocycles. The van der Waals surface area contributed by atoms with Gasteiger partial charge in [-0.05, 0) is 12.8 Å². The zero-order valence-corrected chi connectivity index (χ0v) is 14.9. The van der Waals surface area contributed by atoms with Crippen LogP contribution in [0.4, 0.5) is 5.13 Å². The number of carbonyl (C=O) groups is 1. The van der Waals surface area contributed by atoms with Gasteiger partial charge in [0.25, 0.3) is 0 Å². The van der Waals surface area contributed by atoms with Crippen LogP contribution in [0.1, 0.15) is 33.5 Å². The molecule has 1 atom stereocenters. The predicted octanol–water partition coefficient (Wildman–Crippen LogP) is 3.07. The Morgan fingerprint density at radius 1 is 1.41 bits per heavy atom. The highest BCUT2D eigenvalue weighted by Crippen LogP contribution is 2.24. The number of aryl methyl sites for hydroxylation is 1. The number of aromatic nitrogens is 4. The molecule has 0 saturated carbocycles. The Morgan fingerprint density at radius 3 is 2.77 bits per heavy atom. The van der Waals surface area contributed by atoms with Crippen molar-refractivity contribution in [1.29, 1.82) is 0 Å². The molecule has 0 fully saturated rings. The summed E-state index contributed by atoms with van der Waals surface area (Å²) in [5.41, 5.74) is 0. The van der Waals surface area contributed by atoms with Crippen molar-refractivity contribution in [2.45, 2.75) is 51.1 Å². The second-order valence-corrected chi connectivity index (χ2v) is 7.55. The molecule has 22 heavy (non-hydrogen) atoms. The fraction of sp³-hybridized carbons (Fsp3) is 0.571. The summed E-state index contributed by atoms with van der Waals surface area (Å²) in [5.74, 6) is 1.39. The monoisotopic (exact) mass is 339 g/mol. The smallest absolute Gasteiger partial charge is 0.239 e. The molecule has 2 rings (SSSR count). The van der Waals surface area contributed by atoms with Gasteiger partial charge in [-0.2, -0.15) is 0 Å². The van der Waals surface area contributed by atoms with E-state index in [2.05, 4.69) is 45.8 Å². The lowest BCUT2D eigenvalue weighted by molar-refractivity contribution is -0.115. The summed E-state index contributed by atoms with van der Waals surface area (Å²) in [6.07, 6.45) is 2.50. The molecule has 8 heteroatoms. The first kappa shape index (κ1) is 17.0. The maximum absolute atomic E-state index is 12.2. The third-order valence-electron chi connectivity index (χ3n) is 2.97. The zero-order valence-electron chi connectivity index (χ0n) is 13.2. The van der Waals surface area contributed by atoms with E-state index in [1.165, 1.54) is 23.1 Å². The predicted molar refractivity (Wildman–Crippen MR) is 90.3 cm³/mol. The van der Waals surface area contributed by atoms with Crippen LogP contribution in [0, 0.1) is 5.92 Å². The molecule has 0 unspecified atom stereocenters. The van der Waals surface area contributed by atoms with Crippen molar-refractivity contribution in [3.05, 3.63) is 17.4 Å². The molecule has 0 aromatic carbocycles. The molecule has 0 aliphatic heterocycles. The Morgan fingerprint density at radius 2 is 2.18 bits per heavy atom. The molecular formula is C14H21N5OS2. The lowest BCUT2D eigenvalue weighted by Gasteiger charge is -2.14. The van der Waals surface area contributed by atoms with Crippen LogP contribution >= 0.6 is 23.1 Å². The van der Waals surface area contributed by atoms with E-state index in [9.17, 15) is 4.79 Å². The molecule has 0 spiro atoms. The van der Waals surface area contributed by atoms with E-state index in [0.29, 0.717) is 11.0 Å². The topological polar surface area (TPSA) is 72.7 Å². The summed E-state index contributed by atoms with van der Waals surface area (Å²) in [6, 6.07) is 0. The molecule has 6 nitrogen and oxygen atoms in total. The second kappa shape index (κ2) is 7.73. The summed E-state index contributed by atoms with van der Waals surface area (Å²) in [5, 5.41) is 14.3. The van der Waals surface area contributed by atoms with Gasteiger partial charge in [0, 0.05) is 24.5 Å². The van der Waals surface area contributed by atoms with Crippen molar-refractivity contribution < 1.29 is 4.79 Å². The molecule has 2 aromatic rings. The van der Waals surface area contributed by atoms with Crippen molar-refractivity contribution in [3.63, 3.8) is 0 Å². The normalized spacial score (nSPS) is 12.6. The van der Waals surface area contributed by atoms with E-state index >= 15 is 0 Å². The number of nitrogens with zero attached hydrogens (tertiary/aromatic N) is 4. The van der Waals surface area contributed by atoms with Gasteiger partial charge in [-0.15, -0.1) is 21.5 Å². The number of anilines is 1. The van der Waals surface area contributed by atoms with E-state index < -0.39 is 0 Å². The van der Waals surface area contributed by atoms with Gasteiger partial charge in [-0.1, -0.05) is 32.5 Å². The Balaban J connectivity index is 2.05. The fourth-order valence-electron chi connectivity index (χ4n) is 1.92. The number of nitrogens with one attached hydrogen (secondary N) is 1. The number of rotatable bonds is 7. The van der Waals surface area contributed by atoms with Crippen LogP contribution in [-0.2, 0) is 17.8 Å². The highest BCUT2D eigenvalue weighted by molar-refractivity contribution is 8.00. The third kappa shape index (κ3) is 4.30. The Bertz CT molecular complexity index is 609. The molecular weight excluding hydrogens is 318 g/mol. The SMILES string of the molecule is CCc1nnc(S[C@H](C)C(=O)Nc2nccs2)n1CC(C)C. The van der Waals surface area contributed by atoms with Gasteiger partial charge in [-0.25, -0.2) is 4.98 Å². The van der Waals surface area contributed by atoms with E-state index in [1.807, 2.05) is 12.3 Å². The third-order valence-corrected chi connectivity index (χ3v) is 4.74. The number of thiazole rings is 1. The van der Waals surface area contributed by atoms with Crippen molar-refractivity contribution in [2.75, 3.05) is 5.32 Å². The minimum Gasteiger partial charge on any atom is -0.306 e. The van der Waals surface area contributed by atoms with Gasteiger partial charge < -0.3 is 9.88 Å². The average molecular weight is 339 g/mol. The van der Waals surface area contributed by atoms with E-state index in [0.717, 1.165) is 23.9 Å². The number of thioether (sulfide) groups is 1. The molecule has 1 N–H and O–H groups in total. The van der Waals surface area contributed by atoms with Crippen LogP contribution in [0.2, 0.25) is 0 Å². The summed E-state index contributed by atoms with van der Waals surface area (Å²) in [7, 11) is 0. The van der Waals surface area contributed by atoms with Gasteiger partial charge in [0.05, 0.1) is 5.25 Å². The summed E-state index contributed by atoms with van der Waals surface area (Å²) in [4.78, 5) is 16.3. The van der Waals surface area contributed by atoms with Crippen LogP contribution in [0.3, 0.4) is 0 Å². The average Bonchev–Trinajstić information content (AvgIpc) is 3.09. The fourth-order valence-corrected chi connectivity index (χ4v) is 3.33. The highest BCUT2D eigenvalue weighted by Gasteiger charge is 2.20. The standard InChI is InChI=1S/C14H21N5OS2/c1-5-11-17-18-14(19(11)8-9(2)3)22-10(4)12(20)16-13-15-6-7-21-13/h6-7,9-10H,5,8H2,1-4H3,(H,15,16,20)/t10-/m1/s1. The molecule has 120 valence electrons. The summed E-state index contributed by atoms with van der Waals surface area (Å²) in [6.45, 7) is 9.11.